The summed E-state index contributed by atoms with van der Waals surface area (Å²) in [5, 5.41) is 0.282. The number of rotatable bonds is 5. The molecule has 0 N–H and O–H groups in total. The largest absolute Gasteiger partial charge is 0.474 e. The molecule has 2 fully saturated rings. The highest BCUT2D eigenvalue weighted by atomic mass is 35.5. The van der Waals surface area contributed by atoms with E-state index in [9.17, 15) is 22.8 Å². The van der Waals surface area contributed by atoms with Crippen molar-refractivity contribution < 1.29 is 27.5 Å². The lowest BCUT2D eigenvalue weighted by atomic mass is 9.89. The number of hydrogen-bond acceptors (Lipinski definition) is 6. The number of pyridine rings is 2. The highest BCUT2D eigenvalue weighted by molar-refractivity contribution is 6.32. The molecule has 0 radical (unpaired) electrons. The quantitative estimate of drug-likeness (QED) is 0.406. The van der Waals surface area contributed by atoms with Crippen LogP contribution in [0.15, 0.2) is 67.1 Å². The minimum Gasteiger partial charge on any atom is -0.474 e. The van der Waals surface area contributed by atoms with Crippen molar-refractivity contribution in [1.82, 2.24) is 19.8 Å². The van der Waals surface area contributed by atoms with Crippen molar-refractivity contribution in [3.05, 3.63) is 83.3 Å². The number of para-hydroxylation sites is 1. The van der Waals surface area contributed by atoms with Gasteiger partial charge in [0.25, 0.3) is 11.8 Å². The zero-order chi connectivity index (χ0) is 28.3. The molecule has 4 heterocycles. The number of carbonyl (C=O) groups is 2. The molecule has 2 aliphatic heterocycles. The molecule has 3 aromatic rings. The first-order chi connectivity index (χ1) is 19.2. The van der Waals surface area contributed by atoms with Gasteiger partial charge in [-0.15, -0.1) is 12.4 Å². The lowest BCUT2D eigenvalue weighted by molar-refractivity contribution is -0.153. The number of aromatic nitrogens is 2. The van der Waals surface area contributed by atoms with Crippen LogP contribution in [-0.4, -0.2) is 76.5 Å². The molecule has 1 unspecified atom stereocenters. The van der Waals surface area contributed by atoms with E-state index in [4.69, 9.17) is 16.3 Å². The summed E-state index contributed by atoms with van der Waals surface area (Å²) < 4.78 is 47.4. The van der Waals surface area contributed by atoms with E-state index in [2.05, 4.69) is 14.9 Å². The monoisotopic (exact) mass is 609 g/mol. The number of halogens is 5. The molecule has 0 bridgehead atoms. The molecular weight excluding hydrogens is 582 g/mol. The minimum atomic E-state index is -4.74. The van der Waals surface area contributed by atoms with Crippen LogP contribution in [0.3, 0.4) is 0 Å². The fraction of sp³-hybridized carbons (Fsp3) is 0.357. The third kappa shape index (κ3) is 6.51. The van der Waals surface area contributed by atoms with Crippen LogP contribution in [0.4, 0.5) is 19.0 Å². The van der Waals surface area contributed by atoms with Gasteiger partial charge in [0.1, 0.15) is 11.6 Å². The molecule has 2 amide bonds. The summed E-state index contributed by atoms with van der Waals surface area (Å²) >= 11 is 6.37. The number of nitrogens with zero attached hydrogens (tertiary/aromatic N) is 5. The smallest absolute Gasteiger partial charge is 0.417 e. The Morgan fingerprint density at radius 3 is 2.34 bits per heavy atom. The zero-order valence-corrected chi connectivity index (χ0v) is 23.5. The number of hydrogen-bond donors (Lipinski definition) is 0. The van der Waals surface area contributed by atoms with Crippen molar-refractivity contribution in [1.29, 1.82) is 0 Å². The third-order valence-electron chi connectivity index (χ3n) is 7.17. The average Bonchev–Trinajstić information content (AvgIpc) is 2.98. The molecule has 2 aromatic heterocycles. The van der Waals surface area contributed by atoms with Crippen LogP contribution < -0.4 is 9.64 Å². The number of likely N-dealkylation sites (tertiary alicyclic amines) is 1. The minimum absolute atomic E-state index is 0. The van der Waals surface area contributed by atoms with Crippen LogP contribution in [0.2, 0.25) is 5.02 Å². The van der Waals surface area contributed by atoms with Crippen LogP contribution in [0.25, 0.3) is 0 Å². The van der Waals surface area contributed by atoms with Crippen LogP contribution in [-0.2, 0) is 11.0 Å². The summed E-state index contributed by atoms with van der Waals surface area (Å²) in [6, 6.07) is 13.1. The topological polar surface area (TPSA) is 78.9 Å². The van der Waals surface area contributed by atoms with E-state index < -0.39 is 28.8 Å². The van der Waals surface area contributed by atoms with Gasteiger partial charge in [-0.3, -0.25) is 14.6 Å². The highest BCUT2D eigenvalue weighted by Crippen LogP contribution is 2.36. The summed E-state index contributed by atoms with van der Waals surface area (Å²) in [7, 11) is 0. The first kappa shape index (κ1) is 30.4. The van der Waals surface area contributed by atoms with Crippen molar-refractivity contribution in [2.24, 2.45) is 0 Å². The predicted octanol–water partition coefficient (Wildman–Crippen LogP) is 4.97. The molecule has 1 aromatic carbocycles. The number of ether oxygens (including phenoxy) is 1. The van der Waals surface area contributed by atoms with Gasteiger partial charge in [0.05, 0.1) is 22.7 Å². The van der Waals surface area contributed by atoms with Crippen molar-refractivity contribution >= 4 is 41.6 Å². The van der Waals surface area contributed by atoms with E-state index in [1.807, 2.05) is 18.2 Å². The molecule has 2 aliphatic rings. The first-order valence-corrected chi connectivity index (χ1v) is 13.3. The maximum absolute atomic E-state index is 14.2. The Balaban J connectivity index is 0.00000387. The van der Waals surface area contributed by atoms with Gasteiger partial charge >= 0.3 is 6.18 Å². The second-order valence-corrected chi connectivity index (χ2v) is 10.2. The summed E-state index contributed by atoms with van der Waals surface area (Å²) in [6.07, 6.45) is -0.515. The number of amides is 2. The molecule has 13 heteroatoms. The van der Waals surface area contributed by atoms with E-state index >= 15 is 0 Å². The van der Waals surface area contributed by atoms with E-state index in [1.54, 1.807) is 35.4 Å². The molecule has 5 rings (SSSR count). The van der Waals surface area contributed by atoms with E-state index in [-0.39, 0.29) is 48.6 Å². The van der Waals surface area contributed by atoms with Gasteiger partial charge in [-0.25, -0.2) is 4.98 Å². The number of anilines is 1. The Bertz CT molecular complexity index is 1370. The van der Waals surface area contributed by atoms with Crippen molar-refractivity contribution in [3.63, 3.8) is 0 Å². The number of piperidine rings is 1. The van der Waals surface area contributed by atoms with E-state index in [1.165, 1.54) is 4.90 Å². The molecule has 1 atom stereocenters. The van der Waals surface area contributed by atoms with Crippen LogP contribution in [0, 0.1) is 0 Å². The van der Waals surface area contributed by atoms with Gasteiger partial charge in [0.15, 0.2) is 0 Å². The fourth-order valence-electron chi connectivity index (χ4n) is 5.18. The predicted molar refractivity (Wildman–Crippen MR) is 149 cm³/mol. The Morgan fingerprint density at radius 2 is 1.66 bits per heavy atom. The maximum Gasteiger partial charge on any atom is 0.417 e. The van der Waals surface area contributed by atoms with Gasteiger partial charge < -0.3 is 19.4 Å². The third-order valence-corrected chi connectivity index (χ3v) is 7.48. The SMILES string of the molecule is Cl.O=C(c1cnccc1C(F)(F)F)N1CCCC(Oc2ccccc2Cl)(C(=O)N2CCN(c3ccccn3)CC2)C1. The summed E-state index contributed by atoms with van der Waals surface area (Å²) in [6.45, 7) is 1.79. The second kappa shape index (κ2) is 12.5. The Labute approximate surface area is 246 Å². The fourth-order valence-corrected chi connectivity index (χ4v) is 5.36. The summed E-state index contributed by atoms with van der Waals surface area (Å²) in [5.74, 6) is -0.132. The van der Waals surface area contributed by atoms with Crippen molar-refractivity contribution in [2.75, 3.05) is 44.2 Å². The first-order valence-electron chi connectivity index (χ1n) is 12.9. The number of benzene rings is 1. The van der Waals surface area contributed by atoms with E-state index in [0.29, 0.717) is 32.6 Å². The molecular formula is C28H28Cl2F3N5O3. The standard InChI is InChI=1S/C28H27ClF3N5O3.ClH/c29-22-6-1-2-7-23(22)40-27(26(39)36-16-14-35(15-17-36)24-8-3-4-11-34-24)10-5-13-37(19-27)25(38)20-18-33-12-9-21(20)28(30,31)32;/h1-4,6-9,11-12,18H,5,10,13-17,19H2;1H. The van der Waals surface area contributed by atoms with Crippen LogP contribution in [0.5, 0.6) is 5.75 Å². The second-order valence-electron chi connectivity index (χ2n) is 9.74. The van der Waals surface area contributed by atoms with Crippen molar-refractivity contribution in [3.8, 4) is 5.75 Å². The molecule has 218 valence electrons. The van der Waals surface area contributed by atoms with Gasteiger partial charge in [-0.2, -0.15) is 13.2 Å². The normalized spacial score (nSPS) is 19.4. The zero-order valence-electron chi connectivity index (χ0n) is 21.9. The lowest BCUT2D eigenvalue weighted by Crippen LogP contribution is -2.64. The van der Waals surface area contributed by atoms with Crippen molar-refractivity contribution in [2.45, 2.75) is 24.6 Å². The van der Waals surface area contributed by atoms with Crippen LogP contribution in [0.1, 0.15) is 28.8 Å². The summed E-state index contributed by atoms with van der Waals surface area (Å²) in [5.41, 5.74) is -3.18. The molecule has 2 saturated heterocycles. The Kier molecular flexibility index (Phi) is 9.28. The van der Waals surface area contributed by atoms with Gasteiger partial charge in [-0.05, 0) is 43.2 Å². The van der Waals surface area contributed by atoms with Crippen LogP contribution >= 0.6 is 24.0 Å². The molecule has 0 saturated carbocycles. The van der Waals surface area contributed by atoms with Gasteiger partial charge in [0.2, 0.25) is 5.60 Å². The molecule has 8 nitrogen and oxygen atoms in total. The summed E-state index contributed by atoms with van der Waals surface area (Å²) in [4.78, 5) is 40.7. The molecule has 0 aliphatic carbocycles. The highest BCUT2D eigenvalue weighted by Gasteiger charge is 2.49. The van der Waals surface area contributed by atoms with Gasteiger partial charge in [0, 0.05) is 51.3 Å². The lowest BCUT2D eigenvalue weighted by Gasteiger charge is -2.45. The molecule has 0 spiro atoms. The van der Waals surface area contributed by atoms with Gasteiger partial charge in [-0.1, -0.05) is 29.8 Å². The molecule has 41 heavy (non-hydrogen) atoms. The average molecular weight is 610 g/mol. The maximum atomic E-state index is 14.2. The Morgan fingerprint density at radius 1 is 0.927 bits per heavy atom. The number of piperazine rings is 1. The Hall–Kier alpha value is -3.57. The number of carbonyl (C=O) groups excluding carboxylic acids is 2. The number of alkyl halides is 3. The van der Waals surface area contributed by atoms with E-state index in [0.717, 1.165) is 24.3 Å².